The molecule has 0 saturated carbocycles. The van der Waals surface area contributed by atoms with Gasteiger partial charge in [0.1, 0.15) is 18.2 Å². The number of benzene rings is 1. The molecule has 1 aliphatic heterocycles. The molecule has 0 bridgehead atoms. The number of rotatable bonds is 5. The van der Waals surface area contributed by atoms with Crippen molar-refractivity contribution in [2.24, 2.45) is 0 Å². The van der Waals surface area contributed by atoms with E-state index in [9.17, 15) is 4.79 Å². The van der Waals surface area contributed by atoms with Gasteiger partial charge in [-0.05, 0) is 19.4 Å². The van der Waals surface area contributed by atoms with Crippen molar-refractivity contribution in [3.63, 3.8) is 0 Å². The Morgan fingerprint density at radius 2 is 1.92 bits per heavy atom. The van der Waals surface area contributed by atoms with E-state index in [1.807, 2.05) is 34.9 Å². The van der Waals surface area contributed by atoms with Crippen LogP contribution in [0.1, 0.15) is 28.8 Å². The van der Waals surface area contributed by atoms with E-state index in [-0.39, 0.29) is 5.91 Å². The average molecular weight is 349 g/mol. The van der Waals surface area contributed by atoms with E-state index in [0.29, 0.717) is 12.5 Å². The van der Waals surface area contributed by atoms with Crippen LogP contribution in [0.15, 0.2) is 48.9 Å². The van der Waals surface area contributed by atoms with Crippen molar-refractivity contribution in [3.05, 3.63) is 71.8 Å². The number of nitrogens with zero attached hydrogens (tertiary/aromatic N) is 5. The third-order valence-electron chi connectivity index (χ3n) is 5.10. The Morgan fingerprint density at radius 1 is 1.15 bits per heavy atom. The molecule has 2 aromatic heterocycles. The number of imidazole rings is 2. The molecule has 3 aromatic rings. The minimum Gasteiger partial charge on any atom is -0.340 e. The number of hydrogen-bond acceptors (Lipinski definition) is 3. The molecule has 0 atom stereocenters. The zero-order valence-electron chi connectivity index (χ0n) is 15.2. The molecule has 1 fully saturated rings. The van der Waals surface area contributed by atoms with Crippen molar-refractivity contribution >= 4 is 5.91 Å². The Hall–Kier alpha value is -2.89. The zero-order chi connectivity index (χ0) is 18.1. The molecule has 3 heterocycles. The first-order valence-electron chi connectivity index (χ1n) is 8.93. The van der Waals surface area contributed by atoms with Gasteiger partial charge in [0.15, 0.2) is 0 Å². The quantitative estimate of drug-likeness (QED) is 0.711. The lowest BCUT2D eigenvalue weighted by atomic mass is 9.98. The van der Waals surface area contributed by atoms with Crippen LogP contribution in [0.2, 0.25) is 0 Å². The van der Waals surface area contributed by atoms with Gasteiger partial charge in [-0.25, -0.2) is 9.97 Å². The Morgan fingerprint density at radius 3 is 2.62 bits per heavy atom. The molecule has 0 unspecified atom stereocenters. The highest BCUT2D eigenvalue weighted by Crippen LogP contribution is 2.27. The summed E-state index contributed by atoms with van der Waals surface area (Å²) in [6.45, 7) is 6.64. The smallest absolute Gasteiger partial charge is 0.242 e. The maximum Gasteiger partial charge on any atom is 0.242 e. The van der Waals surface area contributed by atoms with Gasteiger partial charge in [-0.1, -0.05) is 30.3 Å². The second-order valence-corrected chi connectivity index (χ2v) is 6.93. The summed E-state index contributed by atoms with van der Waals surface area (Å²) < 4.78 is 4.15. The predicted molar refractivity (Wildman–Crippen MR) is 98.8 cm³/mol. The lowest BCUT2D eigenvalue weighted by molar-refractivity contribution is -0.136. The van der Waals surface area contributed by atoms with Crippen molar-refractivity contribution in [2.75, 3.05) is 13.1 Å². The Kier molecular flexibility index (Phi) is 4.32. The fourth-order valence-corrected chi connectivity index (χ4v) is 3.44. The molecule has 1 saturated heterocycles. The monoisotopic (exact) mass is 349 g/mol. The lowest BCUT2D eigenvalue weighted by Gasteiger charge is -2.39. The van der Waals surface area contributed by atoms with Gasteiger partial charge in [0.25, 0.3) is 0 Å². The standard InChI is InChI=1S/C20H23N5O/c1-15-10-22-20(25(15)11-17-6-4-3-5-7-17)18-12-24(13-18)19(26)14-23-9-8-21-16(23)2/h3-10,18H,11-14H2,1-2H3. The van der Waals surface area contributed by atoms with E-state index < -0.39 is 0 Å². The summed E-state index contributed by atoms with van der Waals surface area (Å²) in [7, 11) is 0. The van der Waals surface area contributed by atoms with Crippen LogP contribution in [-0.4, -0.2) is 43.0 Å². The molecule has 6 heteroatoms. The number of hydrogen-bond donors (Lipinski definition) is 0. The van der Waals surface area contributed by atoms with Crippen molar-refractivity contribution in [1.82, 2.24) is 24.0 Å². The molecule has 1 amide bonds. The van der Waals surface area contributed by atoms with E-state index in [2.05, 4.69) is 45.7 Å². The minimum absolute atomic E-state index is 0.139. The van der Waals surface area contributed by atoms with Gasteiger partial charge in [0, 0.05) is 43.9 Å². The molecular formula is C20H23N5O. The normalized spacial score (nSPS) is 14.5. The van der Waals surface area contributed by atoms with Crippen molar-refractivity contribution in [3.8, 4) is 0 Å². The Bertz CT molecular complexity index is 905. The van der Waals surface area contributed by atoms with Crippen LogP contribution in [-0.2, 0) is 17.9 Å². The average Bonchev–Trinajstić information content (AvgIpc) is 3.15. The molecule has 1 aliphatic rings. The molecule has 1 aromatic carbocycles. The minimum atomic E-state index is 0.139. The SMILES string of the molecule is Cc1nccn1CC(=O)N1CC(c2ncc(C)n2Cc2ccccc2)C1. The molecule has 0 aliphatic carbocycles. The summed E-state index contributed by atoms with van der Waals surface area (Å²) in [5.41, 5.74) is 2.42. The Balaban J connectivity index is 1.41. The van der Waals surface area contributed by atoms with Gasteiger partial charge < -0.3 is 14.0 Å². The van der Waals surface area contributed by atoms with Crippen molar-refractivity contribution in [1.29, 1.82) is 0 Å². The lowest BCUT2D eigenvalue weighted by Crippen LogP contribution is -2.50. The van der Waals surface area contributed by atoms with E-state index in [1.54, 1.807) is 6.20 Å². The summed E-state index contributed by atoms with van der Waals surface area (Å²) >= 11 is 0. The second kappa shape index (κ2) is 6.78. The highest BCUT2D eigenvalue weighted by atomic mass is 16.2. The number of carbonyl (C=O) groups excluding carboxylic acids is 1. The molecular weight excluding hydrogens is 326 g/mol. The molecule has 134 valence electrons. The van der Waals surface area contributed by atoms with Crippen LogP contribution in [0.25, 0.3) is 0 Å². The first-order chi connectivity index (χ1) is 12.6. The van der Waals surface area contributed by atoms with Gasteiger partial charge in [0.05, 0.1) is 5.92 Å². The summed E-state index contributed by atoms with van der Waals surface area (Å²) in [5, 5.41) is 0. The fourth-order valence-electron chi connectivity index (χ4n) is 3.44. The van der Waals surface area contributed by atoms with Gasteiger partial charge in [0.2, 0.25) is 5.91 Å². The van der Waals surface area contributed by atoms with Gasteiger partial charge >= 0.3 is 0 Å². The summed E-state index contributed by atoms with van der Waals surface area (Å²) in [4.78, 5) is 23.2. The molecule has 0 radical (unpaired) electrons. The summed E-state index contributed by atoms with van der Waals surface area (Å²) in [5.74, 6) is 2.39. The maximum absolute atomic E-state index is 12.5. The van der Waals surface area contributed by atoms with E-state index in [1.165, 1.54) is 5.56 Å². The first-order valence-corrected chi connectivity index (χ1v) is 8.93. The van der Waals surface area contributed by atoms with E-state index in [0.717, 1.165) is 37.0 Å². The third-order valence-corrected chi connectivity index (χ3v) is 5.10. The number of aryl methyl sites for hydroxylation is 2. The van der Waals surface area contributed by atoms with Crippen molar-refractivity contribution < 1.29 is 4.79 Å². The molecule has 0 spiro atoms. The predicted octanol–water partition coefficient (Wildman–Crippen LogP) is 2.37. The van der Waals surface area contributed by atoms with Crippen LogP contribution < -0.4 is 0 Å². The van der Waals surface area contributed by atoms with Crippen LogP contribution in [0, 0.1) is 13.8 Å². The molecule has 0 N–H and O–H groups in total. The van der Waals surface area contributed by atoms with Crippen LogP contribution >= 0.6 is 0 Å². The van der Waals surface area contributed by atoms with Gasteiger partial charge in [-0.3, -0.25) is 4.79 Å². The van der Waals surface area contributed by atoms with Crippen LogP contribution in [0.5, 0.6) is 0 Å². The van der Waals surface area contributed by atoms with Gasteiger partial charge in [-0.15, -0.1) is 0 Å². The number of carbonyl (C=O) groups is 1. The van der Waals surface area contributed by atoms with E-state index in [4.69, 9.17) is 0 Å². The van der Waals surface area contributed by atoms with Crippen LogP contribution in [0.3, 0.4) is 0 Å². The number of aromatic nitrogens is 4. The summed E-state index contributed by atoms with van der Waals surface area (Å²) in [6.07, 6.45) is 5.50. The highest BCUT2D eigenvalue weighted by Gasteiger charge is 2.34. The van der Waals surface area contributed by atoms with Crippen molar-refractivity contribution in [2.45, 2.75) is 32.9 Å². The first kappa shape index (κ1) is 16.6. The Labute approximate surface area is 153 Å². The number of likely N-dealkylation sites (tertiary alicyclic amines) is 1. The van der Waals surface area contributed by atoms with E-state index >= 15 is 0 Å². The summed E-state index contributed by atoms with van der Waals surface area (Å²) in [6, 6.07) is 10.4. The topological polar surface area (TPSA) is 56.0 Å². The highest BCUT2D eigenvalue weighted by molar-refractivity contribution is 5.77. The maximum atomic E-state index is 12.5. The zero-order valence-corrected chi connectivity index (χ0v) is 15.2. The molecule has 26 heavy (non-hydrogen) atoms. The largest absolute Gasteiger partial charge is 0.340 e. The van der Waals surface area contributed by atoms with Crippen LogP contribution in [0.4, 0.5) is 0 Å². The van der Waals surface area contributed by atoms with Gasteiger partial charge in [-0.2, -0.15) is 0 Å². The fraction of sp³-hybridized carbons (Fsp3) is 0.350. The number of amides is 1. The second-order valence-electron chi connectivity index (χ2n) is 6.93. The molecule has 6 nitrogen and oxygen atoms in total. The third kappa shape index (κ3) is 3.14. The molecule has 4 rings (SSSR count).